The zero-order valence-electron chi connectivity index (χ0n) is 9.89. The van der Waals surface area contributed by atoms with Gasteiger partial charge in [0.2, 0.25) is 5.89 Å². The summed E-state index contributed by atoms with van der Waals surface area (Å²) in [6, 6.07) is 0. The first-order valence-electron chi connectivity index (χ1n) is 4.90. The molecule has 0 aliphatic heterocycles. The molecule has 1 unspecified atom stereocenters. The van der Waals surface area contributed by atoms with E-state index in [2.05, 4.69) is 10.1 Å². The second kappa shape index (κ2) is 4.14. The lowest BCUT2D eigenvalue weighted by atomic mass is 10.0. The summed E-state index contributed by atoms with van der Waals surface area (Å²) in [6.45, 7) is 5.19. The maximum Gasteiger partial charge on any atom is 0.228 e. The van der Waals surface area contributed by atoms with Gasteiger partial charge in [-0.3, -0.25) is 0 Å². The molecule has 0 saturated carbocycles. The van der Waals surface area contributed by atoms with Gasteiger partial charge in [0.1, 0.15) is 5.25 Å². The van der Waals surface area contributed by atoms with Crippen molar-refractivity contribution in [1.82, 2.24) is 10.1 Å². The maximum atomic E-state index is 11.3. The van der Waals surface area contributed by atoms with Crippen molar-refractivity contribution < 1.29 is 12.9 Å². The van der Waals surface area contributed by atoms with Crippen molar-refractivity contribution in [2.45, 2.75) is 38.0 Å². The van der Waals surface area contributed by atoms with Gasteiger partial charge in [-0.1, -0.05) is 5.16 Å². The molecule has 1 aromatic rings. The summed E-state index contributed by atoms with van der Waals surface area (Å²) in [6.07, 6.45) is 1.55. The SMILES string of the molecule is CC(c1noc(CC(C)(C)N)n1)S(C)(=O)=O. The molecule has 0 spiro atoms. The van der Waals surface area contributed by atoms with Crippen LogP contribution in [-0.2, 0) is 16.3 Å². The van der Waals surface area contributed by atoms with Crippen LogP contribution in [0.5, 0.6) is 0 Å². The Morgan fingerprint density at radius 1 is 1.50 bits per heavy atom. The number of nitrogens with zero attached hydrogens (tertiary/aromatic N) is 2. The predicted molar refractivity (Wildman–Crippen MR) is 59.5 cm³/mol. The Labute approximate surface area is 95.1 Å². The van der Waals surface area contributed by atoms with Gasteiger partial charge in [0, 0.05) is 18.2 Å². The van der Waals surface area contributed by atoms with E-state index in [1.54, 1.807) is 0 Å². The van der Waals surface area contributed by atoms with E-state index in [0.29, 0.717) is 12.3 Å². The van der Waals surface area contributed by atoms with E-state index in [9.17, 15) is 8.42 Å². The lowest BCUT2D eigenvalue weighted by Crippen LogP contribution is -2.34. The van der Waals surface area contributed by atoms with Gasteiger partial charge in [-0.25, -0.2) is 8.42 Å². The first-order valence-corrected chi connectivity index (χ1v) is 6.85. The normalized spacial score (nSPS) is 15.1. The molecule has 2 N–H and O–H groups in total. The molecule has 0 bridgehead atoms. The third-order valence-electron chi connectivity index (χ3n) is 2.10. The summed E-state index contributed by atoms with van der Waals surface area (Å²) in [4.78, 5) is 4.03. The summed E-state index contributed by atoms with van der Waals surface area (Å²) >= 11 is 0. The number of rotatable bonds is 4. The first-order chi connectivity index (χ1) is 7.09. The van der Waals surface area contributed by atoms with Gasteiger partial charge in [0.15, 0.2) is 15.7 Å². The minimum Gasteiger partial charge on any atom is -0.339 e. The molecule has 0 radical (unpaired) electrons. The van der Waals surface area contributed by atoms with Crippen molar-refractivity contribution in [3.63, 3.8) is 0 Å². The second-order valence-electron chi connectivity index (χ2n) is 4.68. The fraction of sp³-hybridized carbons (Fsp3) is 0.778. The number of hydrogen-bond acceptors (Lipinski definition) is 6. The molecule has 0 aromatic carbocycles. The second-order valence-corrected chi connectivity index (χ2v) is 7.05. The first kappa shape index (κ1) is 13.1. The molecule has 0 aliphatic carbocycles. The molecule has 7 heteroatoms. The average molecular weight is 247 g/mol. The van der Waals surface area contributed by atoms with Crippen LogP contribution in [0.2, 0.25) is 0 Å². The van der Waals surface area contributed by atoms with Crippen molar-refractivity contribution in [2.24, 2.45) is 5.73 Å². The highest BCUT2D eigenvalue weighted by atomic mass is 32.2. The lowest BCUT2D eigenvalue weighted by molar-refractivity contribution is 0.344. The molecule has 1 heterocycles. The Hall–Kier alpha value is -0.950. The van der Waals surface area contributed by atoms with Crippen LogP contribution in [0.3, 0.4) is 0 Å². The molecule has 1 atom stereocenters. The van der Waals surface area contributed by atoms with Gasteiger partial charge < -0.3 is 10.3 Å². The fourth-order valence-electron chi connectivity index (χ4n) is 1.09. The summed E-state index contributed by atoms with van der Waals surface area (Å²) in [7, 11) is -3.20. The Morgan fingerprint density at radius 2 is 2.06 bits per heavy atom. The smallest absolute Gasteiger partial charge is 0.228 e. The molecule has 0 aliphatic rings. The van der Waals surface area contributed by atoms with Crippen molar-refractivity contribution in [3.8, 4) is 0 Å². The standard InChI is InChI=1S/C9H17N3O3S/c1-6(16(4,13)14)8-11-7(15-12-8)5-9(2,3)10/h6H,5,10H2,1-4H3. The highest BCUT2D eigenvalue weighted by Crippen LogP contribution is 2.18. The molecule has 0 saturated heterocycles. The van der Waals surface area contributed by atoms with Gasteiger partial charge in [0.25, 0.3) is 0 Å². The molecular formula is C9H17N3O3S. The molecule has 92 valence electrons. The predicted octanol–water partition coefficient (Wildman–Crippen LogP) is 0.455. The van der Waals surface area contributed by atoms with Crippen LogP contribution in [0.25, 0.3) is 0 Å². The van der Waals surface area contributed by atoms with Crippen LogP contribution in [0, 0.1) is 0 Å². The van der Waals surface area contributed by atoms with E-state index < -0.39 is 20.6 Å². The minimum atomic E-state index is -3.20. The maximum absolute atomic E-state index is 11.3. The average Bonchev–Trinajstić information content (AvgIpc) is 2.46. The van der Waals surface area contributed by atoms with Crippen LogP contribution in [-0.4, -0.2) is 30.4 Å². The van der Waals surface area contributed by atoms with E-state index in [-0.39, 0.29) is 5.82 Å². The molecular weight excluding hydrogens is 230 g/mol. The van der Waals surface area contributed by atoms with Crippen LogP contribution in [0.15, 0.2) is 4.52 Å². The molecule has 0 amide bonds. The number of aromatic nitrogens is 2. The lowest BCUT2D eigenvalue weighted by Gasteiger charge is -2.14. The molecule has 1 rings (SSSR count). The van der Waals surface area contributed by atoms with E-state index in [1.165, 1.54) is 6.92 Å². The Morgan fingerprint density at radius 3 is 2.50 bits per heavy atom. The van der Waals surface area contributed by atoms with E-state index in [1.807, 2.05) is 13.8 Å². The van der Waals surface area contributed by atoms with E-state index in [0.717, 1.165) is 6.26 Å². The van der Waals surface area contributed by atoms with Crippen LogP contribution >= 0.6 is 0 Å². The number of sulfone groups is 1. The van der Waals surface area contributed by atoms with Gasteiger partial charge in [-0.15, -0.1) is 0 Å². The highest BCUT2D eigenvalue weighted by molar-refractivity contribution is 7.90. The van der Waals surface area contributed by atoms with Crippen molar-refractivity contribution in [2.75, 3.05) is 6.26 Å². The van der Waals surface area contributed by atoms with Crippen LogP contribution in [0.4, 0.5) is 0 Å². The Balaban J connectivity index is 2.88. The van der Waals surface area contributed by atoms with Gasteiger partial charge in [0.05, 0.1) is 0 Å². The topological polar surface area (TPSA) is 99.1 Å². The molecule has 1 aromatic heterocycles. The quantitative estimate of drug-likeness (QED) is 0.829. The molecule has 0 fully saturated rings. The summed E-state index contributed by atoms with van der Waals surface area (Å²) in [5, 5.41) is 2.89. The number of hydrogen-bond donors (Lipinski definition) is 1. The van der Waals surface area contributed by atoms with Gasteiger partial charge in [-0.05, 0) is 20.8 Å². The van der Waals surface area contributed by atoms with E-state index in [4.69, 9.17) is 10.3 Å². The van der Waals surface area contributed by atoms with Crippen molar-refractivity contribution in [3.05, 3.63) is 11.7 Å². The van der Waals surface area contributed by atoms with Gasteiger partial charge in [-0.2, -0.15) is 4.98 Å². The van der Waals surface area contributed by atoms with Crippen LogP contribution in [0.1, 0.15) is 37.7 Å². The largest absolute Gasteiger partial charge is 0.339 e. The Kier molecular flexibility index (Phi) is 3.39. The van der Waals surface area contributed by atoms with Crippen LogP contribution < -0.4 is 5.73 Å². The zero-order chi connectivity index (χ0) is 12.6. The monoisotopic (exact) mass is 247 g/mol. The minimum absolute atomic E-state index is 0.182. The summed E-state index contributed by atoms with van der Waals surface area (Å²) in [5.41, 5.74) is 5.33. The third kappa shape index (κ3) is 3.57. The highest BCUT2D eigenvalue weighted by Gasteiger charge is 2.24. The summed E-state index contributed by atoms with van der Waals surface area (Å²) in [5.74, 6) is 0.541. The van der Waals surface area contributed by atoms with Crippen molar-refractivity contribution >= 4 is 9.84 Å². The zero-order valence-corrected chi connectivity index (χ0v) is 10.7. The third-order valence-corrected chi connectivity index (χ3v) is 3.59. The molecule has 16 heavy (non-hydrogen) atoms. The van der Waals surface area contributed by atoms with Crippen molar-refractivity contribution in [1.29, 1.82) is 0 Å². The summed E-state index contributed by atoms with van der Waals surface area (Å²) < 4.78 is 27.5. The number of nitrogens with two attached hydrogens (primary N) is 1. The molecule has 6 nitrogen and oxygen atoms in total. The van der Waals surface area contributed by atoms with E-state index >= 15 is 0 Å². The Bertz CT molecular complexity index is 459. The fourth-order valence-corrected chi connectivity index (χ4v) is 1.56. The van der Waals surface area contributed by atoms with Gasteiger partial charge >= 0.3 is 0 Å².